The Morgan fingerprint density at radius 2 is 2.05 bits per heavy atom. The Kier molecular flexibility index (Phi) is 5.55. The van der Waals surface area contributed by atoms with Crippen molar-refractivity contribution in [3.8, 4) is 0 Å². The smallest absolute Gasteiger partial charge is 0.233 e. The molecule has 112 valence electrons. The number of nitrogens with zero attached hydrogens (tertiary/aromatic N) is 1. The highest BCUT2D eigenvalue weighted by molar-refractivity contribution is 7.92. The number of imidazole rings is 1. The van der Waals surface area contributed by atoms with Crippen LogP contribution in [-0.4, -0.2) is 18.4 Å². The van der Waals surface area contributed by atoms with Crippen LogP contribution in [0.3, 0.4) is 0 Å². The number of aromatic nitrogens is 2. The van der Waals surface area contributed by atoms with Gasteiger partial charge in [-0.1, -0.05) is 29.8 Å². The van der Waals surface area contributed by atoms with Gasteiger partial charge in [-0.2, -0.15) is 0 Å². The maximum atomic E-state index is 11.8. The molecule has 0 aliphatic carbocycles. The average Bonchev–Trinajstić information content (AvgIpc) is 2.96. The van der Waals surface area contributed by atoms with Gasteiger partial charge in [-0.15, -0.1) is 0 Å². The second kappa shape index (κ2) is 7.40. The number of rotatable bonds is 7. The Bertz CT molecular complexity index is 680. The molecule has 0 spiro atoms. The summed E-state index contributed by atoms with van der Waals surface area (Å²) in [6.07, 6.45) is 6.31. The third-order valence-electron chi connectivity index (χ3n) is 2.80. The Morgan fingerprint density at radius 1 is 1.29 bits per heavy atom. The van der Waals surface area contributed by atoms with Crippen LogP contribution in [0, 0.1) is 0 Å². The van der Waals surface area contributed by atoms with Crippen molar-refractivity contribution >= 4 is 21.6 Å². The van der Waals surface area contributed by atoms with Gasteiger partial charge in [0.05, 0.1) is 6.33 Å². The van der Waals surface area contributed by atoms with Gasteiger partial charge in [-0.3, -0.25) is 0 Å². The lowest BCUT2D eigenvalue weighted by molar-refractivity contribution is 0.590. The second-order valence-corrected chi connectivity index (χ2v) is 6.57. The van der Waals surface area contributed by atoms with E-state index in [4.69, 9.17) is 11.6 Å². The van der Waals surface area contributed by atoms with Gasteiger partial charge in [0, 0.05) is 28.9 Å². The van der Waals surface area contributed by atoms with E-state index in [2.05, 4.69) is 14.7 Å². The number of sulfonamides is 1. The molecule has 0 unspecified atom stereocenters. The zero-order chi connectivity index (χ0) is 15.1. The lowest BCUT2D eigenvalue weighted by Crippen LogP contribution is -2.20. The van der Waals surface area contributed by atoms with E-state index < -0.39 is 10.0 Å². The van der Waals surface area contributed by atoms with Gasteiger partial charge in [0.15, 0.2) is 0 Å². The fourth-order valence-electron chi connectivity index (χ4n) is 1.69. The van der Waals surface area contributed by atoms with E-state index >= 15 is 0 Å². The molecule has 0 atom stereocenters. The molecule has 0 amide bonds. The molecule has 1 aromatic heterocycles. The molecule has 1 aromatic carbocycles. The molecule has 21 heavy (non-hydrogen) atoms. The van der Waals surface area contributed by atoms with Crippen LogP contribution in [0.2, 0.25) is 5.02 Å². The number of hydrogen-bond donors (Lipinski definition) is 2. The molecule has 2 N–H and O–H groups in total. The summed E-state index contributed by atoms with van der Waals surface area (Å²) in [4.78, 5) is 6.86. The lowest BCUT2D eigenvalue weighted by atomic mass is 10.2. The van der Waals surface area contributed by atoms with Crippen LogP contribution in [0.4, 0.5) is 0 Å². The van der Waals surface area contributed by atoms with Crippen LogP contribution >= 0.6 is 11.6 Å². The number of benzene rings is 1. The maximum absolute atomic E-state index is 11.8. The van der Waals surface area contributed by atoms with Gasteiger partial charge in [-0.05, 0) is 30.5 Å². The Hall–Kier alpha value is -1.63. The van der Waals surface area contributed by atoms with Crippen molar-refractivity contribution in [2.24, 2.45) is 0 Å². The van der Waals surface area contributed by atoms with Crippen LogP contribution in [-0.2, 0) is 23.0 Å². The van der Waals surface area contributed by atoms with Crippen LogP contribution < -0.4 is 4.72 Å². The number of allylic oxidation sites excluding steroid dienone is 1. The van der Waals surface area contributed by atoms with E-state index in [1.165, 1.54) is 5.41 Å². The second-order valence-electron chi connectivity index (χ2n) is 4.48. The summed E-state index contributed by atoms with van der Waals surface area (Å²) < 4.78 is 26.1. The molecule has 5 nitrogen and oxygen atoms in total. The molecule has 0 saturated carbocycles. The standard InChI is InChI=1S/C14H16ClN3O2S/c15-13-6-4-12(5-7-13)9-18-21(19,20)8-2-1-3-14-10-16-11-17-14/h2,4-8,10-11,18H,1,3,9H2,(H,16,17). The van der Waals surface area contributed by atoms with E-state index in [1.807, 2.05) is 0 Å². The predicted molar refractivity (Wildman–Crippen MR) is 83.3 cm³/mol. The molecule has 2 aromatic rings. The van der Waals surface area contributed by atoms with Crippen molar-refractivity contribution < 1.29 is 8.42 Å². The first kappa shape index (κ1) is 15.8. The third kappa shape index (κ3) is 5.71. The zero-order valence-corrected chi connectivity index (χ0v) is 12.9. The van der Waals surface area contributed by atoms with Crippen molar-refractivity contribution in [1.82, 2.24) is 14.7 Å². The van der Waals surface area contributed by atoms with Gasteiger partial charge in [-0.25, -0.2) is 18.1 Å². The quantitative estimate of drug-likeness (QED) is 0.821. The number of aryl methyl sites for hydroxylation is 1. The van der Waals surface area contributed by atoms with Gasteiger partial charge < -0.3 is 4.98 Å². The molecule has 0 radical (unpaired) electrons. The summed E-state index contributed by atoms with van der Waals surface area (Å²) >= 11 is 5.77. The molecule has 0 saturated heterocycles. The van der Waals surface area contributed by atoms with Gasteiger partial charge in [0.25, 0.3) is 0 Å². The summed E-state index contributed by atoms with van der Waals surface area (Å²) in [7, 11) is -3.42. The highest BCUT2D eigenvalue weighted by Gasteiger charge is 2.04. The number of aromatic amines is 1. The minimum atomic E-state index is -3.42. The maximum Gasteiger partial charge on any atom is 0.233 e. The van der Waals surface area contributed by atoms with Gasteiger partial charge >= 0.3 is 0 Å². The predicted octanol–water partition coefficient (Wildman–Crippen LogP) is 2.63. The highest BCUT2D eigenvalue weighted by Crippen LogP contribution is 2.09. The van der Waals surface area contributed by atoms with Crippen LogP contribution in [0.1, 0.15) is 17.7 Å². The first-order valence-electron chi connectivity index (χ1n) is 6.43. The highest BCUT2D eigenvalue weighted by atomic mass is 35.5. The summed E-state index contributed by atoms with van der Waals surface area (Å²) in [5.41, 5.74) is 1.83. The van der Waals surface area contributed by atoms with E-state index in [0.29, 0.717) is 11.4 Å². The largest absolute Gasteiger partial charge is 0.348 e. The SMILES string of the molecule is O=S(=O)(C=CCCc1cnc[nH]1)NCc1ccc(Cl)cc1. The van der Waals surface area contributed by atoms with Crippen molar-refractivity contribution in [1.29, 1.82) is 0 Å². The molecular formula is C14H16ClN3O2S. The Balaban J connectivity index is 1.79. The lowest BCUT2D eigenvalue weighted by Gasteiger charge is -2.03. The zero-order valence-electron chi connectivity index (χ0n) is 11.3. The van der Waals surface area contributed by atoms with Crippen molar-refractivity contribution in [2.75, 3.05) is 0 Å². The molecular weight excluding hydrogens is 310 g/mol. The van der Waals surface area contributed by atoms with E-state index in [0.717, 1.165) is 17.7 Å². The van der Waals surface area contributed by atoms with Crippen LogP contribution in [0.5, 0.6) is 0 Å². The molecule has 0 aliphatic heterocycles. The minimum Gasteiger partial charge on any atom is -0.348 e. The summed E-state index contributed by atoms with van der Waals surface area (Å²) in [5, 5.41) is 1.82. The normalized spacial score (nSPS) is 12.0. The van der Waals surface area contributed by atoms with E-state index in [-0.39, 0.29) is 6.54 Å². The number of halogens is 1. The van der Waals surface area contributed by atoms with Crippen LogP contribution in [0.25, 0.3) is 0 Å². The van der Waals surface area contributed by atoms with Crippen molar-refractivity contribution in [3.63, 3.8) is 0 Å². The van der Waals surface area contributed by atoms with Gasteiger partial charge in [0.2, 0.25) is 10.0 Å². The fraction of sp³-hybridized carbons (Fsp3) is 0.214. The molecule has 0 bridgehead atoms. The summed E-state index contributed by atoms with van der Waals surface area (Å²) in [5.74, 6) is 0. The average molecular weight is 326 g/mol. The molecule has 2 rings (SSSR count). The fourth-order valence-corrected chi connectivity index (χ4v) is 2.67. The van der Waals surface area contributed by atoms with Gasteiger partial charge in [0.1, 0.15) is 0 Å². The Labute approximate surface area is 129 Å². The van der Waals surface area contributed by atoms with Crippen molar-refractivity contribution in [3.05, 3.63) is 64.6 Å². The number of hydrogen-bond acceptors (Lipinski definition) is 3. The topological polar surface area (TPSA) is 74.8 Å². The Morgan fingerprint density at radius 3 is 2.71 bits per heavy atom. The first-order chi connectivity index (χ1) is 10.1. The van der Waals surface area contributed by atoms with E-state index in [1.54, 1.807) is 42.9 Å². The molecule has 7 heteroatoms. The van der Waals surface area contributed by atoms with E-state index in [9.17, 15) is 8.42 Å². The molecule has 0 fully saturated rings. The molecule has 0 aliphatic rings. The van der Waals surface area contributed by atoms with Crippen LogP contribution in [0.15, 0.2) is 48.3 Å². The monoisotopic (exact) mass is 325 g/mol. The number of nitrogens with one attached hydrogen (secondary N) is 2. The number of H-pyrrole nitrogens is 1. The summed E-state index contributed by atoms with van der Waals surface area (Å²) in [6.45, 7) is 0.240. The minimum absolute atomic E-state index is 0.240. The third-order valence-corrected chi connectivity index (χ3v) is 4.15. The summed E-state index contributed by atoms with van der Waals surface area (Å²) in [6, 6.07) is 7.02. The first-order valence-corrected chi connectivity index (χ1v) is 8.35. The molecule has 1 heterocycles. The van der Waals surface area contributed by atoms with Crippen molar-refractivity contribution in [2.45, 2.75) is 19.4 Å².